The summed E-state index contributed by atoms with van der Waals surface area (Å²) in [5.74, 6) is 0. The number of benzene rings is 2. The molecular formula is C23H26N4O2S. The minimum atomic E-state index is -0.562. The monoisotopic (exact) mass is 422 g/mol. The number of nitrogens with one attached hydrogen (secondary N) is 1. The Bertz CT molecular complexity index is 1010. The molecule has 0 spiro atoms. The van der Waals surface area contributed by atoms with E-state index in [1.165, 1.54) is 10.2 Å². The number of anilines is 1. The van der Waals surface area contributed by atoms with Crippen LogP contribution in [-0.4, -0.2) is 32.9 Å². The molecule has 0 aliphatic carbocycles. The Balaban J connectivity index is 1.65. The Kier molecular flexibility index (Phi) is 6.95. The number of aromatic nitrogens is 2. The first-order chi connectivity index (χ1) is 14.3. The van der Waals surface area contributed by atoms with E-state index in [9.17, 15) is 4.79 Å². The molecule has 0 saturated heterocycles. The maximum atomic E-state index is 12.1. The molecule has 2 aromatic carbocycles. The zero-order valence-electron chi connectivity index (χ0n) is 17.6. The maximum Gasteiger partial charge on any atom is 0.435 e. The van der Waals surface area contributed by atoms with Crippen LogP contribution in [0.15, 0.2) is 72.0 Å². The third-order valence-electron chi connectivity index (χ3n) is 4.07. The van der Waals surface area contributed by atoms with Gasteiger partial charge in [-0.2, -0.15) is 9.78 Å². The van der Waals surface area contributed by atoms with E-state index in [0.717, 1.165) is 22.0 Å². The van der Waals surface area contributed by atoms with Gasteiger partial charge in [0.15, 0.2) is 5.17 Å². The van der Waals surface area contributed by atoms with Crippen LogP contribution in [0.3, 0.4) is 0 Å². The molecule has 0 atom stereocenters. The highest BCUT2D eigenvalue weighted by atomic mass is 32.2. The molecule has 7 heteroatoms. The van der Waals surface area contributed by atoms with Gasteiger partial charge in [-0.3, -0.25) is 4.99 Å². The second-order valence-corrected chi connectivity index (χ2v) is 8.46. The maximum absolute atomic E-state index is 12.1. The third-order valence-corrected chi connectivity index (χ3v) is 4.69. The van der Waals surface area contributed by atoms with E-state index in [1.807, 2.05) is 69.5 Å². The van der Waals surface area contributed by atoms with E-state index >= 15 is 0 Å². The number of carbonyl (C=O) groups excluding carboxylic acids is 1. The van der Waals surface area contributed by atoms with E-state index in [1.54, 1.807) is 24.2 Å². The predicted octanol–water partition coefficient (Wildman–Crippen LogP) is 5.66. The van der Waals surface area contributed by atoms with Crippen LogP contribution < -0.4 is 5.32 Å². The molecule has 3 rings (SSSR count). The molecule has 1 N–H and O–H groups in total. The molecule has 0 aliphatic rings. The number of hydrogen-bond donors (Lipinski definition) is 1. The van der Waals surface area contributed by atoms with Gasteiger partial charge in [-0.1, -0.05) is 54.2 Å². The number of rotatable bonds is 4. The molecule has 6 nitrogen and oxygen atoms in total. The second kappa shape index (κ2) is 9.63. The minimum Gasteiger partial charge on any atom is -0.442 e. The van der Waals surface area contributed by atoms with Gasteiger partial charge >= 0.3 is 6.09 Å². The molecule has 0 fully saturated rings. The number of thioether (sulfide) groups is 1. The average molecular weight is 423 g/mol. The lowest BCUT2D eigenvalue weighted by atomic mass is 10.1. The molecule has 0 radical (unpaired) electrons. The van der Waals surface area contributed by atoms with Crippen molar-refractivity contribution in [3.05, 3.63) is 72.6 Å². The fourth-order valence-electron chi connectivity index (χ4n) is 2.65. The molecule has 0 saturated carbocycles. The Morgan fingerprint density at radius 2 is 1.80 bits per heavy atom. The molecule has 3 aromatic rings. The van der Waals surface area contributed by atoms with Crippen molar-refractivity contribution in [3.63, 3.8) is 0 Å². The first-order valence-electron chi connectivity index (χ1n) is 9.62. The first kappa shape index (κ1) is 21.6. The van der Waals surface area contributed by atoms with Crippen molar-refractivity contribution < 1.29 is 9.53 Å². The van der Waals surface area contributed by atoms with E-state index in [0.29, 0.717) is 6.54 Å². The first-order valence-corrected chi connectivity index (χ1v) is 10.8. The van der Waals surface area contributed by atoms with Gasteiger partial charge in [0.25, 0.3) is 0 Å². The Morgan fingerprint density at radius 3 is 2.43 bits per heavy atom. The van der Waals surface area contributed by atoms with Crippen LogP contribution in [0.2, 0.25) is 0 Å². The third kappa shape index (κ3) is 6.22. The van der Waals surface area contributed by atoms with E-state index in [4.69, 9.17) is 4.74 Å². The fourth-order valence-corrected chi connectivity index (χ4v) is 3.07. The van der Waals surface area contributed by atoms with Gasteiger partial charge in [-0.25, -0.2) is 4.79 Å². The summed E-state index contributed by atoms with van der Waals surface area (Å²) in [5, 5.41) is 8.31. The normalized spacial score (nSPS) is 11.9. The zero-order valence-corrected chi connectivity index (χ0v) is 18.4. The molecule has 0 aliphatic heterocycles. The van der Waals surface area contributed by atoms with Crippen molar-refractivity contribution >= 4 is 28.7 Å². The number of nitrogens with zero attached hydrogens (tertiary/aromatic N) is 3. The smallest absolute Gasteiger partial charge is 0.435 e. The van der Waals surface area contributed by atoms with Crippen LogP contribution in [0, 0.1) is 0 Å². The van der Waals surface area contributed by atoms with Crippen molar-refractivity contribution in [1.82, 2.24) is 9.78 Å². The van der Waals surface area contributed by atoms with E-state index in [-0.39, 0.29) is 0 Å². The van der Waals surface area contributed by atoms with Crippen molar-refractivity contribution in [2.45, 2.75) is 32.9 Å². The second-order valence-electron chi connectivity index (χ2n) is 7.67. The van der Waals surface area contributed by atoms with Crippen LogP contribution in [0.25, 0.3) is 11.1 Å². The number of hydrogen-bond acceptors (Lipinski definition) is 5. The van der Waals surface area contributed by atoms with Crippen LogP contribution in [0.5, 0.6) is 0 Å². The van der Waals surface area contributed by atoms with Gasteiger partial charge in [0.05, 0.1) is 12.7 Å². The number of amidine groups is 1. The summed E-state index contributed by atoms with van der Waals surface area (Å²) in [7, 11) is 0. The lowest BCUT2D eigenvalue weighted by molar-refractivity contribution is 0.0514. The van der Waals surface area contributed by atoms with Crippen LogP contribution in [-0.2, 0) is 11.3 Å². The molecular weight excluding hydrogens is 396 g/mol. The summed E-state index contributed by atoms with van der Waals surface area (Å²) < 4.78 is 6.56. The molecule has 1 aromatic heterocycles. The molecule has 0 bridgehead atoms. The van der Waals surface area contributed by atoms with Crippen molar-refractivity contribution in [1.29, 1.82) is 0 Å². The molecule has 1 heterocycles. The topological polar surface area (TPSA) is 68.5 Å². The lowest BCUT2D eigenvalue weighted by Crippen LogP contribution is -2.27. The van der Waals surface area contributed by atoms with Gasteiger partial charge in [0, 0.05) is 17.4 Å². The van der Waals surface area contributed by atoms with Gasteiger partial charge < -0.3 is 10.1 Å². The van der Waals surface area contributed by atoms with Crippen molar-refractivity contribution in [2.24, 2.45) is 4.99 Å². The lowest BCUT2D eigenvalue weighted by Gasteiger charge is -2.18. The quantitative estimate of drug-likeness (QED) is 0.434. The highest BCUT2D eigenvalue weighted by Crippen LogP contribution is 2.22. The van der Waals surface area contributed by atoms with Crippen molar-refractivity contribution in [3.8, 4) is 11.1 Å². The van der Waals surface area contributed by atoms with Gasteiger partial charge in [-0.15, -0.1) is 0 Å². The predicted molar refractivity (Wildman–Crippen MR) is 124 cm³/mol. The summed E-state index contributed by atoms with van der Waals surface area (Å²) >= 11 is 1.57. The molecule has 156 valence electrons. The summed E-state index contributed by atoms with van der Waals surface area (Å²) in [5.41, 5.74) is 3.35. The van der Waals surface area contributed by atoms with Crippen LogP contribution in [0.1, 0.15) is 26.3 Å². The molecule has 0 amide bonds. The Labute approximate surface area is 181 Å². The van der Waals surface area contributed by atoms with Crippen LogP contribution >= 0.6 is 11.8 Å². The average Bonchev–Trinajstić information content (AvgIpc) is 3.21. The van der Waals surface area contributed by atoms with Gasteiger partial charge in [0.2, 0.25) is 0 Å². The largest absolute Gasteiger partial charge is 0.442 e. The SMILES string of the molecule is CSC(=NCc1ccccc1)Nc1ccc(-c2cnn(C(=O)OC(C)(C)C)c2)cc1. The van der Waals surface area contributed by atoms with E-state index in [2.05, 4.69) is 27.5 Å². The minimum absolute atomic E-state index is 0.494. The van der Waals surface area contributed by atoms with Crippen LogP contribution in [0.4, 0.5) is 10.5 Å². The summed E-state index contributed by atoms with van der Waals surface area (Å²) in [6.45, 7) is 6.11. The number of aliphatic imine (C=N–C) groups is 1. The van der Waals surface area contributed by atoms with Gasteiger partial charge in [-0.05, 0) is 50.3 Å². The summed E-state index contributed by atoms with van der Waals surface area (Å²) in [6.07, 6.45) is 4.83. The highest BCUT2D eigenvalue weighted by Gasteiger charge is 2.18. The Morgan fingerprint density at radius 1 is 1.10 bits per heavy atom. The zero-order chi connectivity index (χ0) is 21.6. The van der Waals surface area contributed by atoms with E-state index < -0.39 is 11.7 Å². The highest BCUT2D eigenvalue weighted by molar-refractivity contribution is 8.13. The number of carbonyl (C=O) groups is 1. The standard InChI is InChI=1S/C23H26N4O2S/c1-23(2,3)29-22(28)27-16-19(15-25-27)18-10-12-20(13-11-18)26-21(30-4)24-14-17-8-6-5-7-9-17/h5-13,15-16H,14H2,1-4H3,(H,24,26). The molecule has 0 unspecified atom stereocenters. The number of ether oxygens (including phenoxy) is 1. The fraction of sp³-hybridized carbons (Fsp3) is 0.261. The summed E-state index contributed by atoms with van der Waals surface area (Å²) in [4.78, 5) is 16.8. The van der Waals surface area contributed by atoms with Gasteiger partial charge in [0.1, 0.15) is 5.60 Å². The molecule has 30 heavy (non-hydrogen) atoms. The Hall–Kier alpha value is -3.06. The van der Waals surface area contributed by atoms with Crippen molar-refractivity contribution in [2.75, 3.05) is 11.6 Å². The summed E-state index contributed by atoms with van der Waals surface area (Å²) in [6, 6.07) is 18.1.